The minimum absolute atomic E-state index is 0.178. The number of aliphatic hydroxyl groups excluding tert-OH is 1. The van der Waals surface area contributed by atoms with Crippen LogP contribution in [0.2, 0.25) is 0 Å². The van der Waals surface area contributed by atoms with Crippen LogP contribution in [0.3, 0.4) is 0 Å². The van der Waals surface area contributed by atoms with Crippen molar-refractivity contribution in [2.75, 3.05) is 6.61 Å². The lowest BCUT2D eigenvalue weighted by Crippen LogP contribution is -2.50. The number of carbonyl (C=O) groups excluding carboxylic acids is 1. The van der Waals surface area contributed by atoms with Gasteiger partial charge < -0.3 is 9.84 Å². The van der Waals surface area contributed by atoms with Crippen LogP contribution in [0, 0.1) is 10.8 Å². The summed E-state index contributed by atoms with van der Waals surface area (Å²) < 4.78 is 5.33. The third-order valence-corrected chi connectivity index (χ3v) is 4.34. The zero-order chi connectivity index (χ0) is 14.7. The molecule has 0 aromatic carbocycles. The molecule has 0 saturated carbocycles. The molecule has 3 nitrogen and oxygen atoms in total. The second-order valence-electron chi connectivity index (χ2n) is 5.96. The quantitative estimate of drug-likeness (QED) is 0.614. The molecule has 1 aliphatic rings. The first-order chi connectivity index (χ1) is 8.81. The summed E-state index contributed by atoms with van der Waals surface area (Å²) in [5, 5.41) is 9.94. The Kier molecular flexibility index (Phi) is 4.97. The molecule has 0 heterocycles. The largest absolute Gasteiger partial charge is 0.465 e. The Bertz CT molecular complexity index is 381. The Morgan fingerprint density at radius 3 is 2.74 bits per heavy atom. The van der Waals surface area contributed by atoms with Gasteiger partial charge in [-0.25, -0.2) is 0 Å². The monoisotopic (exact) mass is 266 g/mol. The number of ether oxygens (including phenoxy) is 1. The molecule has 0 spiro atoms. The van der Waals surface area contributed by atoms with E-state index in [2.05, 4.69) is 6.58 Å². The van der Waals surface area contributed by atoms with Gasteiger partial charge in [-0.05, 0) is 38.5 Å². The number of allylic oxidation sites excluding steroid dienone is 1. The van der Waals surface area contributed by atoms with Crippen molar-refractivity contribution in [2.24, 2.45) is 10.8 Å². The van der Waals surface area contributed by atoms with Crippen LogP contribution < -0.4 is 0 Å². The summed E-state index contributed by atoms with van der Waals surface area (Å²) in [6, 6.07) is 0. The van der Waals surface area contributed by atoms with Gasteiger partial charge in [-0.15, -0.1) is 6.58 Å². The number of rotatable bonds is 5. The molecule has 0 aliphatic heterocycles. The Balaban J connectivity index is 3.29. The summed E-state index contributed by atoms with van der Waals surface area (Å²) in [5.41, 5.74) is -0.0757. The van der Waals surface area contributed by atoms with Gasteiger partial charge in [-0.2, -0.15) is 0 Å². The number of hydrogen-bond donors (Lipinski definition) is 1. The Labute approximate surface area is 116 Å². The lowest BCUT2D eigenvalue weighted by molar-refractivity contribution is -0.162. The van der Waals surface area contributed by atoms with E-state index < -0.39 is 11.5 Å². The van der Waals surface area contributed by atoms with E-state index >= 15 is 0 Å². The Morgan fingerprint density at radius 2 is 2.26 bits per heavy atom. The molecule has 19 heavy (non-hydrogen) atoms. The number of aliphatic hydroxyl groups is 1. The molecule has 1 unspecified atom stereocenters. The highest BCUT2D eigenvalue weighted by molar-refractivity contribution is 5.82. The van der Waals surface area contributed by atoms with Crippen molar-refractivity contribution in [1.82, 2.24) is 0 Å². The van der Waals surface area contributed by atoms with Crippen molar-refractivity contribution in [3.63, 3.8) is 0 Å². The highest BCUT2D eigenvalue weighted by Gasteiger charge is 2.55. The normalized spacial score (nSPS) is 29.5. The fraction of sp³-hybridized carbons (Fsp3) is 0.688. The highest BCUT2D eigenvalue weighted by Crippen LogP contribution is 2.54. The summed E-state index contributed by atoms with van der Waals surface area (Å²) in [6.07, 6.45) is 5.14. The number of esters is 1. The molecule has 0 bridgehead atoms. The van der Waals surface area contributed by atoms with Gasteiger partial charge in [-0.1, -0.05) is 31.6 Å². The van der Waals surface area contributed by atoms with Crippen LogP contribution in [-0.2, 0) is 9.53 Å². The van der Waals surface area contributed by atoms with Crippen LogP contribution in [0.1, 0.15) is 47.0 Å². The summed E-state index contributed by atoms with van der Waals surface area (Å²) >= 11 is 0. The van der Waals surface area contributed by atoms with Gasteiger partial charge in [0.15, 0.2) is 0 Å². The molecule has 0 aromatic heterocycles. The average molecular weight is 266 g/mol. The van der Waals surface area contributed by atoms with Crippen molar-refractivity contribution < 1.29 is 14.6 Å². The van der Waals surface area contributed by atoms with Gasteiger partial charge in [0, 0.05) is 0 Å². The minimum Gasteiger partial charge on any atom is -0.465 e. The van der Waals surface area contributed by atoms with E-state index in [-0.39, 0.29) is 11.4 Å². The molecular weight excluding hydrogens is 240 g/mol. The molecule has 2 atom stereocenters. The topological polar surface area (TPSA) is 46.5 Å². The van der Waals surface area contributed by atoms with Gasteiger partial charge in [0.1, 0.15) is 0 Å². The summed E-state index contributed by atoms with van der Waals surface area (Å²) in [4.78, 5) is 12.6. The Morgan fingerprint density at radius 1 is 1.63 bits per heavy atom. The number of hydrogen-bond acceptors (Lipinski definition) is 3. The molecule has 0 aromatic rings. The summed E-state index contributed by atoms with van der Waals surface area (Å²) in [6.45, 7) is 11.9. The van der Waals surface area contributed by atoms with Gasteiger partial charge in [-0.3, -0.25) is 4.79 Å². The van der Waals surface area contributed by atoms with Crippen molar-refractivity contribution in [2.45, 2.75) is 53.1 Å². The van der Waals surface area contributed by atoms with Crippen molar-refractivity contribution in [3.05, 3.63) is 24.3 Å². The van der Waals surface area contributed by atoms with Gasteiger partial charge >= 0.3 is 5.97 Å². The maximum Gasteiger partial charge on any atom is 0.316 e. The SMILES string of the molecule is C=CCC[C@]1(C(=O)OCC)C(C)=CC(O)CC1(C)C. The van der Waals surface area contributed by atoms with E-state index in [0.29, 0.717) is 19.4 Å². The molecule has 1 N–H and O–H groups in total. The maximum atomic E-state index is 12.6. The van der Waals surface area contributed by atoms with E-state index in [1.165, 1.54) is 0 Å². The van der Waals surface area contributed by atoms with Gasteiger partial charge in [0.25, 0.3) is 0 Å². The van der Waals surface area contributed by atoms with E-state index in [1.54, 1.807) is 6.08 Å². The van der Waals surface area contributed by atoms with Crippen LogP contribution >= 0.6 is 0 Å². The molecule has 1 aliphatic carbocycles. The highest BCUT2D eigenvalue weighted by atomic mass is 16.5. The average Bonchev–Trinajstić information content (AvgIpc) is 2.27. The Hall–Kier alpha value is -1.09. The van der Waals surface area contributed by atoms with Crippen LogP contribution in [0.5, 0.6) is 0 Å². The van der Waals surface area contributed by atoms with E-state index in [0.717, 1.165) is 12.0 Å². The molecule has 0 fully saturated rings. The van der Waals surface area contributed by atoms with E-state index in [4.69, 9.17) is 4.74 Å². The minimum atomic E-state index is -0.656. The predicted octanol–water partition coefficient (Wildman–Crippen LogP) is 3.24. The predicted molar refractivity (Wildman–Crippen MR) is 76.7 cm³/mol. The van der Waals surface area contributed by atoms with Gasteiger partial charge in [0.05, 0.1) is 18.1 Å². The van der Waals surface area contributed by atoms with Crippen molar-refractivity contribution >= 4 is 5.97 Å². The van der Waals surface area contributed by atoms with Crippen molar-refractivity contribution in [3.8, 4) is 0 Å². The first-order valence-electron chi connectivity index (χ1n) is 6.97. The fourth-order valence-corrected chi connectivity index (χ4v) is 3.37. The first-order valence-corrected chi connectivity index (χ1v) is 6.97. The molecule has 3 heteroatoms. The van der Waals surface area contributed by atoms with E-state index in [9.17, 15) is 9.90 Å². The first kappa shape index (κ1) is 16.0. The molecule has 0 amide bonds. The van der Waals surface area contributed by atoms with Crippen LogP contribution in [-0.4, -0.2) is 23.8 Å². The van der Waals surface area contributed by atoms with Gasteiger partial charge in [0.2, 0.25) is 0 Å². The van der Waals surface area contributed by atoms with Crippen LogP contribution in [0.25, 0.3) is 0 Å². The third-order valence-electron chi connectivity index (χ3n) is 4.34. The smallest absolute Gasteiger partial charge is 0.316 e. The summed E-state index contributed by atoms with van der Waals surface area (Å²) in [5.74, 6) is -0.178. The summed E-state index contributed by atoms with van der Waals surface area (Å²) in [7, 11) is 0. The zero-order valence-corrected chi connectivity index (χ0v) is 12.5. The molecule has 108 valence electrons. The van der Waals surface area contributed by atoms with Crippen LogP contribution in [0.4, 0.5) is 0 Å². The second-order valence-corrected chi connectivity index (χ2v) is 5.96. The maximum absolute atomic E-state index is 12.6. The molecular formula is C16H26O3. The third kappa shape index (κ3) is 2.76. The van der Waals surface area contributed by atoms with Crippen LogP contribution in [0.15, 0.2) is 24.3 Å². The standard InChI is InChI=1S/C16H26O3/c1-6-8-9-16(14(18)19-7-2)12(3)10-13(17)11-15(16,4)5/h6,10,13,17H,1,7-9,11H2,2-5H3/t13?,16-/m1/s1. The van der Waals surface area contributed by atoms with Crippen molar-refractivity contribution in [1.29, 1.82) is 0 Å². The second kappa shape index (κ2) is 5.91. The lowest BCUT2D eigenvalue weighted by Gasteiger charge is -2.49. The molecule has 0 saturated heterocycles. The fourth-order valence-electron chi connectivity index (χ4n) is 3.37. The molecule has 0 radical (unpaired) electrons. The number of carbonyl (C=O) groups is 1. The van der Waals surface area contributed by atoms with E-state index in [1.807, 2.05) is 33.8 Å². The molecule has 1 rings (SSSR count). The lowest BCUT2D eigenvalue weighted by atomic mass is 9.55. The zero-order valence-electron chi connectivity index (χ0n) is 12.5.